The number of hydrogen-bond acceptors (Lipinski definition) is 4. The number of ether oxygens (including phenoxy) is 1. The fraction of sp³-hybridized carbons (Fsp3) is 0.583. The summed E-state index contributed by atoms with van der Waals surface area (Å²) in [6, 6.07) is 3.93. The first kappa shape index (κ1) is 9.90. The van der Waals surface area contributed by atoms with E-state index in [0.29, 0.717) is 0 Å². The van der Waals surface area contributed by atoms with Gasteiger partial charge in [-0.1, -0.05) is 0 Å². The van der Waals surface area contributed by atoms with E-state index in [2.05, 4.69) is 9.88 Å². The van der Waals surface area contributed by atoms with Gasteiger partial charge >= 0.3 is 0 Å². The molecule has 1 aromatic heterocycles. The van der Waals surface area contributed by atoms with Crippen molar-refractivity contribution in [2.75, 3.05) is 25.1 Å². The highest BCUT2D eigenvalue weighted by molar-refractivity contribution is 5.46. The smallest absolute Gasteiger partial charge is 0.137 e. The van der Waals surface area contributed by atoms with E-state index < -0.39 is 0 Å². The molecular formula is C12H17N3O. The van der Waals surface area contributed by atoms with Gasteiger partial charge in [-0.15, -0.1) is 0 Å². The minimum absolute atomic E-state index is 0.0572. The third kappa shape index (κ3) is 1.53. The molecule has 0 amide bonds. The first-order chi connectivity index (χ1) is 7.71. The van der Waals surface area contributed by atoms with Gasteiger partial charge in [-0.3, -0.25) is 0 Å². The summed E-state index contributed by atoms with van der Waals surface area (Å²) < 4.78 is 5.08. The molecule has 0 radical (unpaired) electrons. The fourth-order valence-corrected chi connectivity index (χ4v) is 2.42. The van der Waals surface area contributed by atoms with Crippen molar-refractivity contribution in [2.45, 2.75) is 18.4 Å². The van der Waals surface area contributed by atoms with Gasteiger partial charge in [-0.25, -0.2) is 4.98 Å². The van der Waals surface area contributed by atoms with Crippen molar-refractivity contribution >= 4 is 5.82 Å². The Balaban J connectivity index is 1.66. The highest BCUT2D eigenvalue weighted by Gasteiger charge is 2.50. The van der Waals surface area contributed by atoms with Gasteiger partial charge in [-0.05, 0) is 30.9 Å². The molecule has 0 unspecified atom stereocenters. The van der Waals surface area contributed by atoms with Crippen molar-refractivity contribution in [2.24, 2.45) is 11.7 Å². The zero-order valence-electron chi connectivity index (χ0n) is 9.52. The second-order valence-corrected chi connectivity index (χ2v) is 4.92. The Labute approximate surface area is 95.4 Å². The van der Waals surface area contributed by atoms with Gasteiger partial charge in [0.2, 0.25) is 0 Å². The average molecular weight is 219 g/mol. The zero-order valence-corrected chi connectivity index (χ0v) is 9.52. The van der Waals surface area contributed by atoms with Gasteiger partial charge in [0.05, 0.1) is 18.8 Å². The summed E-state index contributed by atoms with van der Waals surface area (Å²) >= 11 is 0. The minimum Gasteiger partial charge on any atom is -0.495 e. The van der Waals surface area contributed by atoms with Crippen LogP contribution in [0.4, 0.5) is 5.82 Å². The lowest BCUT2D eigenvalue weighted by molar-refractivity contribution is 0.289. The predicted molar refractivity (Wildman–Crippen MR) is 62.6 cm³/mol. The van der Waals surface area contributed by atoms with E-state index in [4.69, 9.17) is 10.5 Å². The first-order valence-electron chi connectivity index (χ1n) is 5.75. The molecule has 2 aliphatic rings. The van der Waals surface area contributed by atoms with Crippen LogP contribution in [-0.2, 0) is 0 Å². The van der Waals surface area contributed by atoms with Crippen molar-refractivity contribution in [3.05, 3.63) is 18.3 Å². The molecule has 0 spiro atoms. The lowest BCUT2D eigenvalue weighted by Crippen LogP contribution is -2.69. The molecule has 2 heterocycles. The monoisotopic (exact) mass is 219 g/mol. The summed E-state index contributed by atoms with van der Waals surface area (Å²) in [6.07, 6.45) is 4.36. The predicted octanol–water partition coefficient (Wildman–Crippen LogP) is 1.02. The molecule has 2 N–H and O–H groups in total. The van der Waals surface area contributed by atoms with Gasteiger partial charge in [-0.2, -0.15) is 0 Å². The summed E-state index contributed by atoms with van der Waals surface area (Å²) in [7, 11) is 1.65. The molecule has 4 nitrogen and oxygen atoms in total. The quantitative estimate of drug-likeness (QED) is 0.824. The number of nitrogens with two attached hydrogens (primary N) is 1. The number of anilines is 1. The SMILES string of the molecule is COc1ccc(N2CC(N)(C3CC3)C2)nc1. The van der Waals surface area contributed by atoms with E-state index in [9.17, 15) is 0 Å². The summed E-state index contributed by atoms with van der Waals surface area (Å²) in [5.41, 5.74) is 6.35. The molecule has 0 atom stereocenters. The van der Waals surface area contributed by atoms with E-state index in [0.717, 1.165) is 30.6 Å². The van der Waals surface area contributed by atoms with E-state index in [1.807, 2.05) is 12.1 Å². The van der Waals surface area contributed by atoms with Gasteiger partial charge in [0.25, 0.3) is 0 Å². The number of methoxy groups -OCH3 is 1. The van der Waals surface area contributed by atoms with Crippen LogP contribution in [0.2, 0.25) is 0 Å². The second-order valence-electron chi connectivity index (χ2n) is 4.92. The molecule has 0 bridgehead atoms. The molecule has 4 heteroatoms. The molecule has 0 aromatic carbocycles. The van der Waals surface area contributed by atoms with Crippen LogP contribution in [0, 0.1) is 5.92 Å². The molecule has 1 aliphatic heterocycles. The summed E-state index contributed by atoms with van der Waals surface area (Å²) in [6.45, 7) is 1.88. The molecular weight excluding hydrogens is 202 g/mol. The summed E-state index contributed by atoms with van der Waals surface area (Å²) in [5, 5.41) is 0. The van der Waals surface area contributed by atoms with E-state index >= 15 is 0 Å². The third-order valence-electron chi connectivity index (χ3n) is 3.64. The van der Waals surface area contributed by atoms with E-state index in [1.165, 1.54) is 12.8 Å². The molecule has 1 saturated carbocycles. The van der Waals surface area contributed by atoms with Crippen molar-refractivity contribution in [3.63, 3.8) is 0 Å². The van der Waals surface area contributed by atoms with Crippen LogP contribution in [0.5, 0.6) is 5.75 Å². The minimum atomic E-state index is 0.0572. The Morgan fingerprint density at radius 2 is 2.19 bits per heavy atom. The Morgan fingerprint density at radius 1 is 1.44 bits per heavy atom. The number of nitrogens with zero attached hydrogens (tertiary/aromatic N) is 2. The first-order valence-corrected chi connectivity index (χ1v) is 5.75. The topological polar surface area (TPSA) is 51.4 Å². The maximum Gasteiger partial charge on any atom is 0.137 e. The third-order valence-corrected chi connectivity index (χ3v) is 3.64. The Bertz CT molecular complexity index is 380. The van der Waals surface area contributed by atoms with Crippen LogP contribution in [0.15, 0.2) is 18.3 Å². The van der Waals surface area contributed by atoms with Crippen LogP contribution >= 0.6 is 0 Å². The molecule has 1 saturated heterocycles. The Kier molecular flexibility index (Phi) is 2.07. The number of rotatable bonds is 3. The number of pyridine rings is 1. The van der Waals surface area contributed by atoms with Crippen LogP contribution in [0.25, 0.3) is 0 Å². The maximum absolute atomic E-state index is 6.30. The van der Waals surface area contributed by atoms with Crippen molar-refractivity contribution in [1.29, 1.82) is 0 Å². The summed E-state index contributed by atoms with van der Waals surface area (Å²) in [5.74, 6) is 2.55. The van der Waals surface area contributed by atoms with Crippen molar-refractivity contribution < 1.29 is 4.74 Å². The number of aromatic nitrogens is 1. The highest BCUT2D eigenvalue weighted by Crippen LogP contribution is 2.43. The molecule has 16 heavy (non-hydrogen) atoms. The molecule has 2 fully saturated rings. The second kappa shape index (κ2) is 3.35. The van der Waals surface area contributed by atoms with Gasteiger partial charge in [0, 0.05) is 13.1 Å². The number of hydrogen-bond donors (Lipinski definition) is 1. The maximum atomic E-state index is 6.30. The molecule has 86 valence electrons. The van der Waals surface area contributed by atoms with Crippen LogP contribution in [0.1, 0.15) is 12.8 Å². The van der Waals surface area contributed by atoms with Crippen LogP contribution in [0.3, 0.4) is 0 Å². The summed E-state index contributed by atoms with van der Waals surface area (Å²) in [4.78, 5) is 6.60. The Morgan fingerprint density at radius 3 is 2.69 bits per heavy atom. The van der Waals surface area contributed by atoms with Crippen molar-refractivity contribution in [1.82, 2.24) is 4.98 Å². The normalized spacial score (nSPS) is 22.8. The van der Waals surface area contributed by atoms with Gasteiger partial charge in [0.15, 0.2) is 0 Å². The Hall–Kier alpha value is -1.29. The van der Waals surface area contributed by atoms with Crippen molar-refractivity contribution in [3.8, 4) is 5.75 Å². The largest absolute Gasteiger partial charge is 0.495 e. The van der Waals surface area contributed by atoms with Crippen LogP contribution < -0.4 is 15.4 Å². The fourth-order valence-electron chi connectivity index (χ4n) is 2.42. The zero-order chi connectivity index (χ0) is 11.2. The standard InChI is InChI=1S/C12H17N3O/c1-16-10-4-5-11(14-6-10)15-7-12(13,8-15)9-2-3-9/h4-6,9H,2-3,7-8,13H2,1H3. The van der Waals surface area contributed by atoms with Gasteiger partial charge < -0.3 is 15.4 Å². The van der Waals surface area contributed by atoms with Crippen LogP contribution in [-0.4, -0.2) is 30.7 Å². The average Bonchev–Trinajstić information content (AvgIpc) is 3.09. The molecule has 3 rings (SSSR count). The van der Waals surface area contributed by atoms with E-state index in [-0.39, 0.29) is 5.54 Å². The molecule has 1 aliphatic carbocycles. The molecule has 1 aromatic rings. The lowest BCUT2D eigenvalue weighted by atomic mass is 9.86. The van der Waals surface area contributed by atoms with Gasteiger partial charge in [0.1, 0.15) is 11.6 Å². The van der Waals surface area contributed by atoms with E-state index in [1.54, 1.807) is 13.3 Å². The lowest BCUT2D eigenvalue weighted by Gasteiger charge is -2.49. The highest BCUT2D eigenvalue weighted by atomic mass is 16.5.